The molecule has 0 fully saturated rings. The number of aliphatic hydroxyl groups excluding tert-OH is 1. The number of nitrogens with two attached hydrogens (primary N) is 1. The quantitative estimate of drug-likeness (QED) is 0.523. The second-order valence-electron chi connectivity index (χ2n) is 3.57. The zero-order valence-corrected chi connectivity index (χ0v) is 9.19. The van der Waals surface area contributed by atoms with Gasteiger partial charge in [-0.15, -0.1) is 0 Å². The monoisotopic (exact) mass is 235 g/mol. The Morgan fingerprint density at radius 1 is 1.47 bits per heavy atom. The van der Waals surface area contributed by atoms with Gasteiger partial charge in [0.25, 0.3) is 0 Å². The van der Waals surface area contributed by atoms with E-state index >= 15 is 0 Å². The van der Waals surface area contributed by atoms with Gasteiger partial charge in [0.15, 0.2) is 11.5 Å². The van der Waals surface area contributed by atoms with Gasteiger partial charge in [-0.05, 0) is 12.5 Å². The van der Waals surface area contributed by atoms with E-state index in [0.717, 1.165) is 0 Å². The lowest BCUT2D eigenvalue weighted by atomic mass is 10.1. The summed E-state index contributed by atoms with van der Waals surface area (Å²) >= 11 is 0. The van der Waals surface area contributed by atoms with E-state index in [0.29, 0.717) is 41.4 Å². The van der Waals surface area contributed by atoms with Gasteiger partial charge in [0.1, 0.15) is 17.3 Å². The Balaban J connectivity index is 2.33. The molecule has 17 heavy (non-hydrogen) atoms. The minimum absolute atomic E-state index is 0.0855. The molecule has 0 aromatic heterocycles. The molecular weight excluding hydrogens is 222 g/mol. The summed E-state index contributed by atoms with van der Waals surface area (Å²) < 4.78 is 10.5. The molecule has 0 aliphatic carbocycles. The van der Waals surface area contributed by atoms with E-state index in [4.69, 9.17) is 25.6 Å². The van der Waals surface area contributed by atoms with E-state index in [2.05, 4.69) is 5.32 Å². The molecule has 0 bridgehead atoms. The van der Waals surface area contributed by atoms with E-state index in [1.165, 1.54) is 0 Å². The summed E-state index contributed by atoms with van der Waals surface area (Å²) in [6, 6.07) is 3.56. The summed E-state index contributed by atoms with van der Waals surface area (Å²) in [4.78, 5) is 0. The van der Waals surface area contributed by atoms with Crippen LogP contribution in [0.3, 0.4) is 0 Å². The first-order chi connectivity index (χ1) is 8.27. The number of nitrogens with one attached hydrogen (secondary N) is 1. The van der Waals surface area contributed by atoms with Crippen molar-refractivity contribution >= 4 is 11.4 Å². The maximum absolute atomic E-state index is 8.94. The molecule has 2 rings (SSSR count). The predicted octanol–water partition coefficient (Wildman–Crippen LogP) is 0.663. The highest BCUT2D eigenvalue weighted by Crippen LogP contribution is 2.45. The lowest BCUT2D eigenvalue weighted by Crippen LogP contribution is -2.07. The van der Waals surface area contributed by atoms with Crippen LogP contribution in [-0.4, -0.2) is 25.1 Å². The molecule has 90 valence electrons. The van der Waals surface area contributed by atoms with Gasteiger partial charge in [0.2, 0.25) is 6.79 Å². The van der Waals surface area contributed by atoms with Crippen molar-refractivity contribution in [3.63, 3.8) is 0 Å². The second kappa shape index (κ2) is 4.80. The van der Waals surface area contributed by atoms with Crippen molar-refractivity contribution in [2.45, 2.75) is 6.42 Å². The van der Waals surface area contributed by atoms with E-state index in [9.17, 15) is 0 Å². The number of aliphatic hydroxyl groups is 1. The second-order valence-corrected chi connectivity index (χ2v) is 3.57. The normalized spacial score (nSPS) is 12.2. The molecule has 4 N–H and O–H groups in total. The predicted molar refractivity (Wildman–Crippen MR) is 61.9 cm³/mol. The first kappa shape index (κ1) is 11.4. The fourth-order valence-corrected chi connectivity index (χ4v) is 1.65. The molecule has 1 heterocycles. The highest BCUT2D eigenvalue weighted by molar-refractivity contribution is 5.81. The Hall–Kier alpha value is -2.13. The van der Waals surface area contributed by atoms with Crippen LogP contribution in [0.2, 0.25) is 0 Å². The minimum atomic E-state index is 0.0855. The average molecular weight is 235 g/mol. The first-order valence-corrected chi connectivity index (χ1v) is 5.25. The number of ether oxygens (including phenoxy) is 2. The van der Waals surface area contributed by atoms with Crippen LogP contribution in [0.25, 0.3) is 0 Å². The zero-order valence-electron chi connectivity index (χ0n) is 9.19. The molecule has 0 unspecified atom stereocenters. The van der Waals surface area contributed by atoms with Crippen molar-refractivity contribution in [2.24, 2.45) is 0 Å². The fraction of sp³-hybridized carbons (Fsp3) is 0.364. The van der Waals surface area contributed by atoms with Crippen LogP contribution >= 0.6 is 0 Å². The molecule has 1 aliphatic heterocycles. The van der Waals surface area contributed by atoms with Crippen molar-refractivity contribution in [3.05, 3.63) is 11.6 Å². The fourth-order valence-electron chi connectivity index (χ4n) is 1.65. The Bertz CT molecular complexity index is 468. The van der Waals surface area contributed by atoms with Gasteiger partial charge in [-0.1, -0.05) is 0 Å². The van der Waals surface area contributed by atoms with Gasteiger partial charge in [0, 0.05) is 13.2 Å². The topological polar surface area (TPSA) is 101 Å². The number of fused-ring (bicyclic) bond motifs is 1. The van der Waals surface area contributed by atoms with Gasteiger partial charge in [0.05, 0.1) is 5.69 Å². The third-order valence-corrected chi connectivity index (χ3v) is 2.43. The maximum atomic E-state index is 8.94. The lowest BCUT2D eigenvalue weighted by molar-refractivity contribution is 0.174. The third kappa shape index (κ3) is 2.05. The van der Waals surface area contributed by atoms with Crippen LogP contribution in [0.4, 0.5) is 11.4 Å². The van der Waals surface area contributed by atoms with Gasteiger partial charge in [-0.25, -0.2) is 0 Å². The van der Waals surface area contributed by atoms with Crippen molar-refractivity contribution in [1.29, 1.82) is 5.26 Å². The summed E-state index contributed by atoms with van der Waals surface area (Å²) in [7, 11) is 0. The molecular formula is C11H13N3O3. The maximum Gasteiger partial charge on any atom is 0.231 e. The highest BCUT2D eigenvalue weighted by atomic mass is 16.7. The number of anilines is 2. The van der Waals surface area contributed by atoms with Gasteiger partial charge in [-0.3, -0.25) is 0 Å². The van der Waals surface area contributed by atoms with Crippen LogP contribution in [0.1, 0.15) is 12.0 Å². The van der Waals surface area contributed by atoms with Crippen molar-refractivity contribution < 1.29 is 14.6 Å². The molecule has 0 radical (unpaired) electrons. The summed E-state index contributed by atoms with van der Waals surface area (Å²) in [5.74, 6) is 0.896. The minimum Gasteiger partial charge on any atom is -0.452 e. The highest BCUT2D eigenvalue weighted by Gasteiger charge is 2.24. The van der Waals surface area contributed by atoms with Crippen LogP contribution in [0.5, 0.6) is 11.5 Å². The molecule has 6 nitrogen and oxygen atoms in total. The number of nitrogen functional groups attached to an aromatic ring is 1. The summed E-state index contributed by atoms with van der Waals surface area (Å²) in [6.07, 6.45) is 0.606. The van der Waals surface area contributed by atoms with E-state index in [-0.39, 0.29) is 13.4 Å². The molecule has 1 aromatic carbocycles. The van der Waals surface area contributed by atoms with Crippen molar-refractivity contribution in [1.82, 2.24) is 0 Å². The summed E-state index contributed by atoms with van der Waals surface area (Å²) in [5, 5.41) is 20.7. The smallest absolute Gasteiger partial charge is 0.231 e. The number of rotatable bonds is 4. The lowest BCUT2D eigenvalue weighted by Gasteiger charge is -2.12. The van der Waals surface area contributed by atoms with Crippen LogP contribution in [0.15, 0.2) is 6.07 Å². The number of benzene rings is 1. The summed E-state index contributed by atoms with van der Waals surface area (Å²) in [5.41, 5.74) is 7.25. The third-order valence-electron chi connectivity index (χ3n) is 2.43. The zero-order chi connectivity index (χ0) is 12.3. The van der Waals surface area contributed by atoms with Gasteiger partial charge in [-0.2, -0.15) is 5.26 Å². The SMILES string of the molecule is N#Cc1cc(N)c(NCCCO)c2c1OCO2. The Morgan fingerprint density at radius 2 is 2.24 bits per heavy atom. The number of nitrogens with zero attached hydrogens (tertiary/aromatic N) is 1. The number of nitriles is 1. The molecule has 0 saturated carbocycles. The average Bonchev–Trinajstić information content (AvgIpc) is 2.80. The summed E-state index contributed by atoms with van der Waals surface area (Å²) in [6.45, 7) is 0.757. The standard InChI is InChI=1S/C11H13N3O3/c12-5-7-4-8(13)9(14-2-1-3-15)11-10(7)16-6-17-11/h4,14-15H,1-3,6,13H2. The van der Waals surface area contributed by atoms with Gasteiger partial charge < -0.3 is 25.6 Å². The molecule has 0 amide bonds. The van der Waals surface area contributed by atoms with Gasteiger partial charge >= 0.3 is 0 Å². The Labute approximate surface area is 98.6 Å². The molecule has 0 spiro atoms. The van der Waals surface area contributed by atoms with Crippen molar-refractivity contribution in [3.8, 4) is 17.6 Å². The molecule has 0 atom stereocenters. The van der Waals surface area contributed by atoms with Crippen LogP contribution in [-0.2, 0) is 0 Å². The van der Waals surface area contributed by atoms with E-state index in [1.54, 1.807) is 6.07 Å². The molecule has 0 saturated heterocycles. The molecule has 6 heteroatoms. The number of hydrogen-bond donors (Lipinski definition) is 3. The Morgan fingerprint density at radius 3 is 2.94 bits per heavy atom. The number of hydrogen-bond acceptors (Lipinski definition) is 6. The van der Waals surface area contributed by atoms with Crippen LogP contribution in [0, 0.1) is 11.3 Å². The molecule has 1 aliphatic rings. The van der Waals surface area contributed by atoms with E-state index < -0.39 is 0 Å². The largest absolute Gasteiger partial charge is 0.452 e. The van der Waals surface area contributed by atoms with E-state index in [1.807, 2.05) is 6.07 Å². The Kier molecular flexibility index (Phi) is 3.21. The van der Waals surface area contributed by atoms with Crippen LogP contribution < -0.4 is 20.5 Å². The first-order valence-electron chi connectivity index (χ1n) is 5.25. The van der Waals surface area contributed by atoms with Crippen molar-refractivity contribution in [2.75, 3.05) is 31.0 Å². The molecule has 1 aromatic rings.